The second kappa shape index (κ2) is 9.40. The van der Waals surface area contributed by atoms with Crippen molar-refractivity contribution in [3.8, 4) is 0 Å². The molecule has 0 bridgehead atoms. The maximum Gasteiger partial charge on any atom is 1.00 e. The van der Waals surface area contributed by atoms with Gasteiger partial charge in [0.1, 0.15) is 6.04 Å². The molecule has 0 aromatic carbocycles. The average molecular weight is 212 g/mol. The molecule has 0 spiro atoms. The van der Waals surface area contributed by atoms with Crippen LogP contribution in [0.5, 0.6) is 0 Å². The van der Waals surface area contributed by atoms with Gasteiger partial charge in [-0.05, 0) is 24.3 Å². The molecule has 0 fully saturated rings. The molecule has 0 heterocycles. The molecular formula is C7H13LiN2O3S. The number of carbonyl (C=O) groups is 1. The van der Waals surface area contributed by atoms with Crippen LogP contribution in [0, 0.1) is 0 Å². The number of rotatable bonds is 6. The molecule has 0 rings (SSSR count). The summed E-state index contributed by atoms with van der Waals surface area (Å²) in [5.74, 6) is -0.970. The molecule has 7 heteroatoms. The summed E-state index contributed by atoms with van der Waals surface area (Å²) < 4.78 is 0. The average Bonchev–Trinajstić information content (AvgIpc) is 2.11. The molecule has 0 saturated carbocycles. The van der Waals surface area contributed by atoms with Crippen LogP contribution in [0.2, 0.25) is 0 Å². The van der Waals surface area contributed by atoms with E-state index in [-0.39, 0.29) is 25.4 Å². The molecule has 3 N–H and O–H groups in total. The van der Waals surface area contributed by atoms with Crippen molar-refractivity contribution in [3.05, 3.63) is 0 Å². The van der Waals surface area contributed by atoms with Gasteiger partial charge in [-0.3, -0.25) is 4.99 Å². The van der Waals surface area contributed by atoms with Crippen molar-refractivity contribution in [1.29, 1.82) is 0 Å². The Morgan fingerprint density at radius 1 is 1.71 bits per heavy atom. The van der Waals surface area contributed by atoms with Crippen LogP contribution in [0.25, 0.3) is 0 Å². The van der Waals surface area contributed by atoms with Gasteiger partial charge >= 0.3 is 24.8 Å². The Balaban J connectivity index is 0. The second-order valence-electron chi connectivity index (χ2n) is 2.36. The summed E-state index contributed by atoms with van der Waals surface area (Å²) in [5.41, 5.74) is 5.01. The zero-order valence-corrected chi connectivity index (χ0v) is 9.21. The Hall–Kier alpha value is -0.153. The molecule has 0 radical (unpaired) electrons. The molecule has 76 valence electrons. The second-order valence-corrected chi connectivity index (χ2v) is 3.35. The van der Waals surface area contributed by atoms with E-state index in [0.29, 0.717) is 12.2 Å². The van der Waals surface area contributed by atoms with Gasteiger partial charge in [-0.25, -0.2) is 4.79 Å². The molecule has 0 amide bonds. The summed E-state index contributed by atoms with van der Waals surface area (Å²) in [4.78, 5) is 14.0. The van der Waals surface area contributed by atoms with Crippen LogP contribution in [-0.2, 0) is 4.79 Å². The molecule has 1 atom stereocenters. The summed E-state index contributed by atoms with van der Waals surface area (Å²) in [6.07, 6.45) is 2.23. The summed E-state index contributed by atoms with van der Waals surface area (Å²) in [6, 6.07) is -0.941. The van der Waals surface area contributed by atoms with E-state index < -0.39 is 17.9 Å². The van der Waals surface area contributed by atoms with Crippen LogP contribution in [0.4, 0.5) is 0 Å². The molecule has 5 nitrogen and oxygen atoms in total. The van der Waals surface area contributed by atoms with E-state index >= 15 is 0 Å². The van der Waals surface area contributed by atoms with Gasteiger partial charge in [0, 0.05) is 6.54 Å². The van der Waals surface area contributed by atoms with Gasteiger partial charge in [0.05, 0.1) is 0 Å². The van der Waals surface area contributed by atoms with Gasteiger partial charge in [0.2, 0.25) is 0 Å². The van der Waals surface area contributed by atoms with Crippen LogP contribution in [0.1, 0.15) is 6.42 Å². The molecule has 0 aromatic heterocycles. The Morgan fingerprint density at radius 3 is 2.64 bits per heavy atom. The fourth-order valence-electron chi connectivity index (χ4n) is 0.699. The summed E-state index contributed by atoms with van der Waals surface area (Å²) >= 11 is 1.52. The Bertz CT molecular complexity index is 201. The molecule has 0 aliphatic heterocycles. The van der Waals surface area contributed by atoms with Crippen LogP contribution < -0.4 is 29.7 Å². The normalized spacial score (nSPS) is 13.1. The SMILES string of the molecule is CSCC[C@H](N=C([O-])CN)C(=O)O.[Li+]. The van der Waals surface area contributed by atoms with Gasteiger partial charge in [0.25, 0.3) is 0 Å². The zero-order chi connectivity index (χ0) is 10.3. The minimum atomic E-state index is -1.07. The van der Waals surface area contributed by atoms with Crippen molar-refractivity contribution in [2.75, 3.05) is 18.6 Å². The number of aliphatic imine (C=N–C) groups is 1. The third-order valence-corrected chi connectivity index (χ3v) is 2.00. The van der Waals surface area contributed by atoms with Crippen molar-refractivity contribution < 1.29 is 33.9 Å². The largest absolute Gasteiger partial charge is 1.00 e. The quantitative estimate of drug-likeness (QED) is 0.265. The molecule has 0 aliphatic carbocycles. The standard InChI is InChI=1S/C7H14N2O3S.Li/c1-13-3-2-5(7(11)12)9-6(10)4-8;/h5H,2-4,8H2,1H3,(H,9,10)(H,11,12);/q;+1/p-1/t5-;/m0./s1. The topological polar surface area (TPSA) is 98.7 Å². The fraction of sp³-hybridized carbons (Fsp3) is 0.714. The van der Waals surface area contributed by atoms with E-state index in [1.165, 1.54) is 11.8 Å². The Kier molecular flexibility index (Phi) is 10.9. The Morgan fingerprint density at radius 2 is 2.29 bits per heavy atom. The summed E-state index contributed by atoms with van der Waals surface area (Å²) in [6.45, 7) is -0.233. The molecule has 0 aliphatic rings. The predicted molar refractivity (Wildman–Crippen MR) is 50.9 cm³/mol. The monoisotopic (exact) mass is 212 g/mol. The van der Waals surface area contributed by atoms with Crippen LogP contribution in [0.3, 0.4) is 0 Å². The van der Waals surface area contributed by atoms with Crippen LogP contribution >= 0.6 is 11.8 Å². The zero-order valence-electron chi connectivity index (χ0n) is 8.40. The van der Waals surface area contributed by atoms with Gasteiger partial charge in [-0.2, -0.15) is 11.8 Å². The molecular weight excluding hydrogens is 199 g/mol. The maximum atomic E-state index is 10.7. The first kappa shape index (κ1) is 16.3. The number of nitrogens with zero attached hydrogens (tertiary/aromatic N) is 1. The van der Waals surface area contributed by atoms with Gasteiger partial charge in [-0.15, -0.1) is 0 Å². The first-order valence-electron chi connectivity index (χ1n) is 3.77. The van der Waals surface area contributed by atoms with Crippen molar-refractivity contribution in [2.24, 2.45) is 10.7 Å². The molecule has 0 unspecified atom stereocenters. The van der Waals surface area contributed by atoms with Crippen LogP contribution in [0.15, 0.2) is 4.99 Å². The first-order chi connectivity index (χ1) is 6.11. The van der Waals surface area contributed by atoms with Gasteiger partial charge in [-0.1, -0.05) is 0 Å². The predicted octanol–water partition coefficient (Wildman–Crippen LogP) is -4.09. The van der Waals surface area contributed by atoms with Crippen molar-refractivity contribution in [1.82, 2.24) is 0 Å². The minimum absolute atomic E-state index is 0. The number of carboxylic acids is 1. The fourth-order valence-corrected chi connectivity index (χ4v) is 1.16. The number of hydrogen-bond donors (Lipinski definition) is 2. The Labute approximate surface area is 99.3 Å². The van der Waals surface area contributed by atoms with E-state index in [2.05, 4.69) is 4.99 Å². The van der Waals surface area contributed by atoms with E-state index in [4.69, 9.17) is 10.8 Å². The van der Waals surface area contributed by atoms with Crippen molar-refractivity contribution in [2.45, 2.75) is 12.5 Å². The summed E-state index contributed by atoms with van der Waals surface area (Å²) in [7, 11) is 0. The van der Waals surface area contributed by atoms with E-state index in [1.807, 2.05) is 6.26 Å². The van der Waals surface area contributed by atoms with E-state index in [1.54, 1.807) is 0 Å². The minimum Gasteiger partial charge on any atom is -0.861 e. The third-order valence-electron chi connectivity index (χ3n) is 1.35. The van der Waals surface area contributed by atoms with Crippen molar-refractivity contribution in [3.63, 3.8) is 0 Å². The maximum absolute atomic E-state index is 10.7. The summed E-state index contributed by atoms with van der Waals surface area (Å²) in [5, 5.41) is 19.4. The number of aliphatic carboxylic acids is 1. The van der Waals surface area contributed by atoms with E-state index in [0.717, 1.165) is 0 Å². The molecule has 14 heavy (non-hydrogen) atoms. The molecule has 0 aromatic rings. The number of thioether (sulfide) groups is 1. The third kappa shape index (κ3) is 7.27. The van der Waals surface area contributed by atoms with Gasteiger partial charge in [0.15, 0.2) is 0 Å². The number of carboxylic acid groups (broad SMARTS) is 1. The first-order valence-corrected chi connectivity index (χ1v) is 5.16. The van der Waals surface area contributed by atoms with Crippen LogP contribution in [-0.4, -0.2) is 41.6 Å². The van der Waals surface area contributed by atoms with Crippen molar-refractivity contribution >= 4 is 23.6 Å². The molecule has 0 saturated heterocycles. The number of nitrogens with two attached hydrogens (primary N) is 1. The number of hydrogen-bond acceptors (Lipinski definition) is 5. The van der Waals surface area contributed by atoms with Gasteiger partial charge < -0.3 is 15.9 Å². The van der Waals surface area contributed by atoms with E-state index in [9.17, 15) is 9.90 Å². The smallest absolute Gasteiger partial charge is 0.861 e.